The number of hydrogen-bond acceptors (Lipinski definition) is 4. The van der Waals surface area contributed by atoms with E-state index >= 15 is 0 Å². The third-order valence-corrected chi connectivity index (χ3v) is 5.05. The molecule has 0 aliphatic carbocycles. The summed E-state index contributed by atoms with van der Waals surface area (Å²) in [7, 11) is 1.84. The summed E-state index contributed by atoms with van der Waals surface area (Å²) in [6, 6.07) is 12.3. The minimum atomic E-state index is -0.243. The van der Waals surface area contributed by atoms with Gasteiger partial charge in [-0.05, 0) is 55.2 Å². The molecule has 2 N–H and O–H groups in total. The SMILES string of the molecule is CN(CCCNC(=O)CCCOc1ccc2c(c1)CCC(=O)N2)c1ccccc1F. The Morgan fingerprint density at radius 2 is 2.03 bits per heavy atom. The number of benzene rings is 2. The zero-order chi connectivity index (χ0) is 21.3. The number of carbonyl (C=O) groups is 2. The van der Waals surface area contributed by atoms with Crippen molar-refractivity contribution in [1.29, 1.82) is 0 Å². The highest BCUT2D eigenvalue weighted by molar-refractivity contribution is 5.94. The van der Waals surface area contributed by atoms with Gasteiger partial charge in [-0.25, -0.2) is 4.39 Å². The van der Waals surface area contributed by atoms with Crippen LogP contribution in [0.25, 0.3) is 0 Å². The maximum atomic E-state index is 13.7. The molecule has 1 aliphatic rings. The van der Waals surface area contributed by atoms with Crippen LogP contribution in [0.15, 0.2) is 42.5 Å². The zero-order valence-corrected chi connectivity index (χ0v) is 17.2. The number of amides is 2. The first-order valence-corrected chi connectivity index (χ1v) is 10.3. The standard InChI is InChI=1S/C23H28FN3O3/c1-27(21-7-3-2-6-19(21)24)14-5-13-25-22(28)8-4-15-30-18-10-11-20-17(16-18)9-12-23(29)26-20/h2-3,6-7,10-11,16H,4-5,8-9,12-15H2,1H3,(H,25,28)(H,26,29). The van der Waals surface area contributed by atoms with Crippen LogP contribution in [0.2, 0.25) is 0 Å². The maximum Gasteiger partial charge on any atom is 0.224 e. The fourth-order valence-electron chi connectivity index (χ4n) is 3.39. The van der Waals surface area contributed by atoms with Gasteiger partial charge < -0.3 is 20.3 Å². The molecule has 30 heavy (non-hydrogen) atoms. The summed E-state index contributed by atoms with van der Waals surface area (Å²) >= 11 is 0. The van der Waals surface area contributed by atoms with E-state index in [4.69, 9.17) is 4.74 Å². The largest absolute Gasteiger partial charge is 0.494 e. The first-order chi connectivity index (χ1) is 14.5. The van der Waals surface area contributed by atoms with Crippen molar-refractivity contribution in [2.24, 2.45) is 0 Å². The van der Waals surface area contributed by atoms with Crippen LogP contribution in [0, 0.1) is 5.82 Å². The van der Waals surface area contributed by atoms with Crippen LogP contribution < -0.4 is 20.3 Å². The number of halogens is 1. The predicted octanol–water partition coefficient (Wildman–Crippen LogP) is 3.51. The Morgan fingerprint density at radius 1 is 1.20 bits per heavy atom. The molecule has 0 atom stereocenters. The monoisotopic (exact) mass is 413 g/mol. The van der Waals surface area contributed by atoms with Crippen LogP contribution in [-0.2, 0) is 16.0 Å². The topological polar surface area (TPSA) is 70.7 Å². The molecule has 2 aromatic carbocycles. The van der Waals surface area contributed by atoms with E-state index in [1.807, 2.05) is 30.1 Å². The van der Waals surface area contributed by atoms with E-state index in [9.17, 15) is 14.0 Å². The molecule has 1 aliphatic heterocycles. The number of rotatable bonds is 10. The number of nitrogens with zero attached hydrogens (tertiary/aromatic N) is 1. The number of para-hydroxylation sites is 1. The smallest absolute Gasteiger partial charge is 0.224 e. The highest BCUT2D eigenvalue weighted by atomic mass is 19.1. The van der Waals surface area contributed by atoms with Crippen molar-refractivity contribution in [1.82, 2.24) is 5.32 Å². The van der Waals surface area contributed by atoms with Crippen LogP contribution in [0.4, 0.5) is 15.8 Å². The number of ether oxygens (including phenoxy) is 1. The van der Waals surface area contributed by atoms with Gasteiger partial charge in [0, 0.05) is 38.7 Å². The number of carbonyl (C=O) groups excluding carboxylic acids is 2. The Kier molecular flexibility index (Phi) is 7.65. The minimum Gasteiger partial charge on any atom is -0.494 e. The summed E-state index contributed by atoms with van der Waals surface area (Å²) < 4.78 is 19.5. The molecule has 0 fully saturated rings. The summed E-state index contributed by atoms with van der Waals surface area (Å²) in [5.74, 6) is 0.538. The van der Waals surface area contributed by atoms with E-state index in [2.05, 4.69) is 10.6 Å². The first-order valence-electron chi connectivity index (χ1n) is 10.3. The summed E-state index contributed by atoms with van der Waals surface area (Å²) in [5.41, 5.74) is 2.48. The average Bonchev–Trinajstić information content (AvgIpc) is 2.74. The molecule has 160 valence electrons. The molecular weight excluding hydrogens is 385 g/mol. The molecule has 2 aromatic rings. The molecule has 0 saturated heterocycles. The van der Waals surface area contributed by atoms with Gasteiger partial charge in [0.1, 0.15) is 11.6 Å². The summed E-state index contributed by atoms with van der Waals surface area (Å²) in [6.45, 7) is 1.66. The van der Waals surface area contributed by atoms with Gasteiger partial charge in [-0.2, -0.15) is 0 Å². The third kappa shape index (κ3) is 6.20. The third-order valence-electron chi connectivity index (χ3n) is 5.05. The molecule has 0 bridgehead atoms. The van der Waals surface area contributed by atoms with E-state index in [0.717, 1.165) is 23.4 Å². The van der Waals surface area contributed by atoms with Gasteiger partial charge in [-0.15, -0.1) is 0 Å². The second-order valence-electron chi connectivity index (χ2n) is 7.40. The van der Waals surface area contributed by atoms with Crippen LogP contribution in [-0.4, -0.2) is 38.6 Å². The number of nitrogens with one attached hydrogen (secondary N) is 2. The Bertz CT molecular complexity index is 888. The van der Waals surface area contributed by atoms with Gasteiger partial charge in [0.2, 0.25) is 11.8 Å². The van der Waals surface area contributed by atoms with Crippen LogP contribution in [0.3, 0.4) is 0 Å². The Labute approximate surface area is 176 Å². The molecular formula is C23H28FN3O3. The number of anilines is 2. The second-order valence-corrected chi connectivity index (χ2v) is 7.40. The summed E-state index contributed by atoms with van der Waals surface area (Å²) in [5, 5.41) is 5.74. The molecule has 7 heteroatoms. The molecule has 0 radical (unpaired) electrons. The van der Waals surface area contributed by atoms with E-state index in [-0.39, 0.29) is 17.6 Å². The van der Waals surface area contributed by atoms with Gasteiger partial charge in [-0.3, -0.25) is 9.59 Å². The highest BCUT2D eigenvalue weighted by Crippen LogP contribution is 2.26. The summed E-state index contributed by atoms with van der Waals surface area (Å²) in [6.07, 6.45) is 2.96. The Balaban J connectivity index is 1.28. The van der Waals surface area contributed by atoms with E-state index in [1.54, 1.807) is 18.2 Å². The van der Waals surface area contributed by atoms with Crippen molar-refractivity contribution in [3.05, 3.63) is 53.8 Å². The van der Waals surface area contributed by atoms with Gasteiger partial charge >= 0.3 is 0 Å². The zero-order valence-electron chi connectivity index (χ0n) is 17.2. The Morgan fingerprint density at radius 3 is 2.87 bits per heavy atom. The normalized spacial score (nSPS) is 12.7. The molecule has 0 aromatic heterocycles. The molecule has 0 spiro atoms. The van der Waals surface area contributed by atoms with E-state index in [0.29, 0.717) is 51.1 Å². The van der Waals surface area contributed by atoms with Gasteiger partial charge in [0.25, 0.3) is 0 Å². The maximum absolute atomic E-state index is 13.7. The Hall–Kier alpha value is -3.09. The fourth-order valence-corrected chi connectivity index (χ4v) is 3.39. The van der Waals surface area contributed by atoms with Crippen molar-refractivity contribution < 1.29 is 18.7 Å². The van der Waals surface area contributed by atoms with Crippen molar-refractivity contribution in [3.63, 3.8) is 0 Å². The van der Waals surface area contributed by atoms with Gasteiger partial charge in [-0.1, -0.05) is 12.1 Å². The lowest BCUT2D eigenvalue weighted by molar-refractivity contribution is -0.121. The van der Waals surface area contributed by atoms with Crippen molar-refractivity contribution >= 4 is 23.2 Å². The molecule has 0 saturated carbocycles. The van der Waals surface area contributed by atoms with E-state index in [1.165, 1.54) is 6.07 Å². The highest BCUT2D eigenvalue weighted by Gasteiger charge is 2.15. The number of hydrogen-bond donors (Lipinski definition) is 2. The van der Waals surface area contributed by atoms with Gasteiger partial charge in [0.15, 0.2) is 0 Å². The lowest BCUT2D eigenvalue weighted by atomic mass is 10.0. The van der Waals surface area contributed by atoms with Gasteiger partial charge in [0.05, 0.1) is 12.3 Å². The van der Waals surface area contributed by atoms with Crippen molar-refractivity contribution in [2.75, 3.05) is 37.0 Å². The number of fused-ring (bicyclic) bond motifs is 1. The van der Waals surface area contributed by atoms with Crippen molar-refractivity contribution in [2.45, 2.75) is 32.1 Å². The summed E-state index contributed by atoms with van der Waals surface area (Å²) in [4.78, 5) is 25.2. The lowest BCUT2D eigenvalue weighted by Gasteiger charge is -2.19. The lowest BCUT2D eigenvalue weighted by Crippen LogP contribution is -2.28. The molecule has 2 amide bonds. The van der Waals surface area contributed by atoms with E-state index < -0.39 is 0 Å². The quantitative estimate of drug-likeness (QED) is 0.585. The fraction of sp³-hybridized carbons (Fsp3) is 0.391. The van der Waals surface area contributed by atoms with Crippen LogP contribution in [0.1, 0.15) is 31.2 Å². The average molecular weight is 413 g/mol. The van der Waals surface area contributed by atoms with Crippen molar-refractivity contribution in [3.8, 4) is 5.75 Å². The van der Waals surface area contributed by atoms with Crippen LogP contribution in [0.5, 0.6) is 5.75 Å². The van der Waals surface area contributed by atoms with Crippen LogP contribution >= 0.6 is 0 Å². The predicted molar refractivity (Wildman–Crippen MR) is 115 cm³/mol. The first kappa shape index (κ1) is 21.6. The molecule has 3 rings (SSSR count). The number of aryl methyl sites for hydroxylation is 1. The molecule has 0 unspecified atom stereocenters. The molecule has 6 nitrogen and oxygen atoms in total. The second kappa shape index (κ2) is 10.6. The molecule has 1 heterocycles. The minimum absolute atomic E-state index is 0.0136.